The molecule has 5 fully saturated rings. The van der Waals surface area contributed by atoms with Crippen molar-refractivity contribution in [3.63, 3.8) is 0 Å². The normalized spacial score (nSPS) is 54.8. The van der Waals surface area contributed by atoms with Crippen molar-refractivity contribution in [2.45, 2.75) is 12.8 Å². The first-order chi connectivity index (χ1) is 11.1. The fourth-order valence-corrected chi connectivity index (χ4v) is 7.22. The van der Waals surface area contributed by atoms with Crippen molar-refractivity contribution in [3.05, 3.63) is 0 Å². The van der Waals surface area contributed by atoms with Crippen LogP contribution >= 0.6 is 0 Å². The van der Waals surface area contributed by atoms with Gasteiger partial charge in [-0.05, 0) is 48.3 Å². The van der Waals surface area contributed by atoms with Gasteiger partial charge in [-0.25, -0.2) is 0 Å². The van der Waals surface area contributed by atoms with Crippen LogP contribution in [0.15, 0.2) is 0 Å². The van der Waals surface area contributed by atoms with Gasteiger partial charge in [0.2, 0.25) is 0 Å². The van der Waals surface area contributed by atoms with E-state index in [1.54, 1.807) is 0 Å². The van der Waals surface area contributed by atoms with Gasteiger partial charge in [-0.1, -0.05) is 0 Å². The summed E-state index contributed by atoms with van der Waals surface area (Å²) >= 11 is 0. The number of hydrogen-bond donors (Lipinski definition) is 0. The Labute approximate surface area is 132 Å². The lowest BCUT2D eigenvalue weighted by molar-refractivity contribution is -0.155. The highest BCUT2D eigenvalue weighted by Gasteiger charge is 2.74. The highest BCUT2D eigenvalue weighted by molar-refractivity contribution is 5.97. The zero-order valence-electron chi connectivity index (χ0n) is 12.7. The smallest absolute Gasteiger partial charge is 0.317 e. The molecule has 4 aliphatic carbocycles. The predicted molar refractivity (Wildman–Crippen MR) is 73.3 cm³/mol. The van der Waals surface area contributed by atoms with Crippen LogP contribution < -0.4 is 0 Å². The summed E-state index contributed by atoms with van der Waals surface area (Å²) in [5, 5.41) is 0. The maximum Gasteiger partial charge on any atom is 0.317 e. The molecule has 1 aliphatic heterocycles. The standard InChI is InChI=1S/C17H18O6/c1-22-15(19)12-6-2-5(9(12)4-18)10-7-3-8(11(6)10)14-13(7)16(20)23-17(14)21/h4-14H,2-3H2,1H3/t5-,6-,7+,8-,9+,10?,11?,12-,13+,14-/m1/s1. The van der Waals surface area contributed by atoms with Gasteiger partial charge in [0.1, 0.15) is 6.29 Å². The van der Waals surface area contributed by atoms with E-state index in [0.717, 1.165) is 19.1 Å². The number of cyclic esters (lactones) is 2. The Hall–Kier alpha value is -1.72. The Morgan fingerprint density at radius 1 is 1.04 bits per heavy atom. The van der Waals surface area contributed by atoms with Crippen molar-refractivity contribution in [1.29, 1.82) is 0 Å². The third kappa shape index (κ3) is 1.37. The van der Waals surface area contributed by atoms with Gasteiger partial charge in [-0.3, -0.25) is 14.4 Å². The molecule has 5 rings (SSSR count). The molecule has 0 aromatic heterocycles. The first-order valence-corrected chi connectivity index (χ1v) is 8.37. The van der Waals surface area contributed by atoms with Crippen LogP contribution in [-0.4, -0.2) is 31.3 Å². The van der Waals surface area contributed by atoms with Gasteiger partial charge in [0.15, 0.2) is 0 Å². The van der Waals surface area contributed by atoms with Crippen LogP contribution in [0.1, 0.15) is 12.8 Å². The van der Waals surface area contributed by atoms with Crippen molar-refractivity contribution in [1.82, 2.24) is 0 Å². The highest BCUT2D eigenvalue weighted by atomic mass is 16.6. The quantitative estimate of drug-likeness (QED) is 0.318. The van der Waals surface area contributed by atoms with E-state index >= 15 is 0 Å². The van der Waals surface area contributed by atoms with Crippen LogP contribution in [-0.2, 0) is 28.7 Å². The topological polar surface area (TPSA) is 86.7 Å². The average Bonchev–Trinajstić information content (AvgIpc) is 3.29. The van der Waals surface area contributed by atoms with E-state index in [9.17, 15) is 19.2 Å². The number of carbonyl (C=O) groups excluding carboxylic acids is 4. The summed E-state index contributed by atoms with van der Waals surface area (Å²) < 4.78 is 9.80. The van der Waals surface area contributed by atoms with Crippen molar-refractivity contribution in [2.75, 3.05) is 7.11 Å². The molecule has 6 heteroatoms. The minimum atomic E-state index is -0.380. The van der Waals surface area contributed by atoms with E-state index in [-0.39, 0.29) is 77.1 Å². The third-order valence-electron chi connectivity index (χ3n) is 7.57. The molecular formula is C17H18O6. The van der Waals surface area contributed by atoms with Gasteiger partial charge in [0.25, 0.3) is 0 Å². The van der Waals surface area contributed by atoms with Gasteiger partial charge in [0.05, 0.1) is 24.9 Å². The van der Waals surface area contributed by atoms with Gasteiger partial charge < -0.3 is 14.3 Å². The van der Waals surface area contributed by atoms with Crippen molar-refractivity contribution in [2.24, 2.45) is 59.2 Å². The molecular weight excluding hydrogens is 300 g/mol. The summed E-state index contributed by atoms with van der Waals surface area (Å²) in [4.78, 5) is 47.9. The van der Waals surface area contributed by atoms with E-state index in [1.165, 1.54) is 7.11 Å². The van der Waals surface area contributed by atoms with E-state index in [2.05, 4.69) is 0 Å². The molecule has 0 aromatic carbocycles. The third-order valence-corrected chi connectivity index (χ3v) is 7.57. The number of carbonyl (C=O) groups is 4. The lowest BCUT2D eigenvalue weighted by Gasteiger charge is -2.42. The van der Waals surface area contributed by atoms with Crippen LogP contribution in [0.4, 0.5) is 0 Å². The predicted octanol–water partition coefficient (Wildman–Crippen LogP) is 0.438. The van der Waals surface area contributed by atoms with E-state index in [1.807, 2.05) is 0 Å². The Balaban J connectivity index is 1.54. The van der Waals surface area contributed by atoms with Crippen LogP contribution in [0, 0.1) is 59.2 Å². The van der Waals surface area contributed by atoms with E-state index in [4.69, 9.17) is 9.47 Å². The zero-order valence-corrected chi connectivity index (χ0v) is 12.7. The number of fused-ring (bicyclic) bond motifs is 12. The monoisotopic (exact) mass is 318 g/mol. The summed E-state index contributed by atoms with van der Waals surface area (Å²) in [7, 11) is 1.36. The lowest BCUT2D eigenvalue weighted by Crippen LogP contribution is -2.46. The molecule has 10 atom stereocenters. The van der Waals surface area contributed by atoms with Crippen LogP contribution in [0.2, 0.25) is 0 Å². The SMILES string of the molecule is COC(=O)[C@H]1[C@@H](C=O)[C@H]2C[C@@H]1C1C2[C@@H]2C[C@H]1[C@H]1C(=O)OC(=O)[C@H]12. The molecule has 4 bridgehead atoms. The van der Waals surface area contributed by atoms with Crippen molar-refractivity contribution >= 4 is 24.2 Å². The Bertz CT molecular complexity index is 641. The zero-order chi connectivity index (χ0) is 16.0. The molecule has 23 heavy (non-hydrogen) atoms. The van der Waals surface area contributed by atoms with Gasteiger partial charge in [-0.15, -0.1) is 0 Å². The van der Waals surface area contributed by atoms with E-state index in [0.29, 0.717) is 0 Å². The number of ether oxygens (including phenoxy) is 2. The number of rotatable bonds is 2. The van der Waals surface area contributed by atoms with Crippen LogP contribution in [0.25, 0.3) is 0 Å². The number of hydrogen-bond acceptors (Lipinski definition) is 6. The second kappa shape index (κ2) is 4.22. The number of aldehydes is 1. The molecule has 4 saturated carbocycles. The lowest BCUT2D eigenvalue weighted by atomic mass is 9.59. The molecule has 1 heterocycles. The largest absolute Gasteiger partial charge is 0.469 e. The number of esters is 3. The first kappa shape index (κ1) is 13.7. The fraction of sp³-hybridized carbons (Fsp3) is 0.765. The molecule has 0 N–H and O–H groups in total. The summed E-state index contributed by atoms with van der Waals surface area (Å²) in [5.41, 5.74) is 0. The summed E-state index contributed by atoms with van der Waals surface area (Å²) in [6.45, 7) is 0. The number of methoxy groups -OCH3 is 1. The Morgan fingerprint density at radius 3 is 2.17 bits per heavy atom. The van der Waals surface area contributed by atoms with Gasteiger partial charge >= 0.3 is 17.9 Å². The van der Waals surface area contributed by atoms with Crippen LogP contribution in [0.3, 0.4) is 0 Å². The molecule has 1 saturated heterocycles. The Kier molecular flexibility index (Phi) is 2.51. The minimum Gasteiger partial charge on any atom is -0.469 e. The second-order valence-electron chi connectivity index (χ2n) is 7.84. The molecule has 122 valence electrons. The Morgan fingerprint density at radius 2 is 1.61 bits per heavy atom. The average molecular weight is 318 g/mol. The van der Waals surface area contributed by atoms with Crippen molar-refractivity contribution in [3.8, 4) is 0 Å². The summed E-state index contributed by atoms with van der Waals surface area (Å²) in [6, 6.07) is 0. The summed E-state index contributed by atoms with van der Waals surface area (Å²) in [5.74, 6) is -1.32. The van der Waals surface area contributed by atoms with Crippen molar-refractivity contribution < 1.29 is 28.7 Å². The molecule has 0 aromatic rings. The molecule has 0 amide bonds. The minimum absolute atomic E-state index is 0.104. The van der Waals surface area contributed by atoms with Gasteiger partial charge in [-0.2, -0.15) is 0 Å². The summed E-state index contributed by atoms with van der Waals surface area (Å²) in [6.07, 6.45) is 2.61. The van der Waals surface area contributed by atoms with Gasteiger partial charge in [0, 0.05) is 5.92 Å². The molecule has 0 spiro atoms. The molecule has 2 unspecified atom stereocenters. The first-order valence-electron chi connectivity index (χ1n) is 8.37. The van der Waals surface area contributed by atoms with E-state index < -0.39 is 0 Å². The fourth-order valence-electron chi connectivity index (χ4n) is 7.22. The molecule has 0 radical (unpaired) electrons. The second-order valence-corrected chi connectivity index (χ2v) is 7.84. The van der Waals surface area contributed by atoms with Crippen LogP contribution in [0.5, 0.6) is 0 Å². The highest BCUT2D eigenvalue weighted by Crippen LogP contribution is 2.73. The maximum atomic E-state index is 12.2. The molecule has 5 aliphatic rings. The maximum absolute atomic E-state index is 12.2. The molecule has 6 nitrogen and oxygen atoms in total.